The topological polar surface area (TPSA) is 55.4 Å². The third-order valence-corrected chi connectivity index (χ3v) is 5.12. The summed E-state index contributed by atoms with van der Waals surface area (Å²) in [5, 5.41) is 4.63. The van der Waals surface area contributed by atoms with Crippen LogP contribution in [0.3, 0.4) is 0 Å². The molecule has 0 saturated heterocycles. The Bertz CT molecular complexity index is 912. The average molecular weight is 379 g/mol. The molecule has 27 heavy (non-hydrogen) atoms. The van der Waals surface area contributed by atoms with E-state index in [4.69, 9.17) is 4.74 Å². The molecule has 0 radical (unpaired) electrons. The summed E-state index contributed by atoms with van der Waals surface area (Å²) in [7, 11) is 0. The van der Waals surface area contributed by atoms with E-state index < -0.39 is 0 Å². The van der Waals surface area contributed by atoms with Crippen molar-refractivity contribution in [2.45, 2.75) is 5.75 Å². The highest BCUT2D eigenvalue weighted by Crippen LogP contribution is 2.26. The second-order valence-corrected chi connectivity index (χ2v) is 7.10. The van der Waals surface area contributed by atoms with E-state index in [1.807, 2.05) is 48.5 Å². The smallest absolute Gasteiger partial charge is 0.257 e. The van der Waals surface area contributed by atoms with Gasteiger partial charge in [-0.3, -0.25) is 9.59 Å². The van der Waals surface area contributed by atoms with Gasteiger partial charge in [0.1, 0.15) is 5.75 Å². The summed E-state index contributed by atoms with van der Waals surface area (Å²) in [4.78, 5) is 23.4. The molecule has 0 atom stereocenters. The van der Waals surface area contributed by atoms with Crippen LogP contribution in [0.15, 0.2) is 66.7 Å². The summed E-state index contributed by atoms with van der Waals surface area (Å²) < 4.78 is 5.57. The van der Waals surface area contributed by atoms with E-state index in [1.54, 1.807) is 17.8 Å². The lowest BCUT2D eigenvalue weighted by Gasteiger charge is -2.11. The minimum absolute atomic E-state index is 0.109. The fourth-order valence-corrected chi connectivity index (χ4v) is 3.56. The third-order valence-electron chi connectivity index (χ3n) is 4.09. The van der Waals surface area contributed by atoms with Crippen molar-refractivity contribution in [2.75, 3.05) is 18.9 Å². The molecule has 0 aliphatic rings. The Kier molecular flexibility index (Phi) is 6.88. The Labute approximate surface area is 162 Å². The molecule has 3 aromatic rings. The molecule has 0 aromatic heterocycles. The van der Waals surface area contributed by atoms with E-state index in [0.717, 1.165) is 28.6 Å². The molecule has 0 unspecified atom stereocenters. The fourth-order valence-electron chi connectivity index (χ4n) is 2.74. The average Bonchev–Trinajstić information content (AvgIpc) is 2.72. The van der Waals surface area contributed by atoms with Gasteiger partial charge in [0.15, 0.2) is 12.9 Å². The van der Waals surface area contributed by atoms with Gasteiger partial charge in [-0.05, 0) is 22.4 Å². The Morgan fingerprint density at radius 1 is 1.00 bits per heavy atom. The molecule has 1 N–H and O–H groups in total. The fraction of sp³-hybridized carbons (Fsp3) is 0.182. The number of fused-ring (bicyclic) bond motifs is 1. The minimum atomic E-state index is -0.194. The number of hydrogen-bond donors (Lipinski definition) is 1. The summed E-state index contributed by atoms with van der Waals surface area (Å²) in [6.07, 6.45) is 0.774. The van der Waals surface area contributed by atoms with Crippen LogP contribution in [0.1, 0.15) is 15.9 Å². The van der Waals surface area contributed by atoms with Gasteiger partial charge in [0.2, 0.25) is 0 Å². The standard InChI is InChI=1S/C22H21NO3S/c24-14-20-19-9-5-4-8-18(19)10-11-21(20)26-15-22(25)23-12-13-27-16-17-6-2-1-3-7-17/h1-11,14H,12-13,15-16H2,(H,23,25). The van der Waals surface area contributed by atoms with Crippen molar-refractivity contribution in [1.29, 1.82) is 0 Å². The van der Waals surface area contributed by atoms with Crippen LogP contribution in [0.2, 0.25) is 0 Å². The SMILES string of the molecule is O=Cc1c(OCC(=O)NCCSCc2ccccc2)ccc2ccccc12. The molecule has 1 amide bonds. The number of aldehydes is 1. The molecule has 0 spiro atoms. The quantitative estimate of drug-likeness (QED) is 0.450. The van der Waals surface area contributed by atoms with Gasteiger partial charge in [-0.2, -0.15) is 11.8 Å². The number of thioether (sulfide) groups is 1. The molecule has 138 valence electrons. The van der Waals surface area contributed by atoms with E-state index >= 15 is 0 Å². The highest BCUT2D eigenvalue weighted by atomic mass is 32.2. The number of benzene rings is 3. The summed E-state index contributed by atoms with van der Waals surface area (Å²) in [6, 6.07) is 21.4. The normalized spacial score (nSPS) is 10.5. The van der Waals surface area contributed by atoms with E-state index in [2.05, 4.69) is 17.4 Å². The van der Waals surface area contributed by atoms with Crippen molar-refractivity contribution in [1.82, 2.24) is 5.32 Å². The molecule has 5 heteroatoms. The first kappa shape index (κ1) is 19.0. The van der Waals surface area contributed by atoms with Crippen molar-refractivity contribution in [3.05, 3.63) is 77.9 Å². The van der Waals surface area contributed by atoms with Gasteiger partial charge in [0.25, 0.3) is 5.91 Å². The molecule has 0 aliphatic carbocycles. The Balaban J connectivity index is 1.44. The first-order chi connectivity index (χ1) is 13.3. The highest BCUT2D eigenvalue weighted by molar-refractivity contribution is 7.98. The number of carbonyl (C=O) groups is 2. The van der Waals surface area contributed by atoms with Gasteiger partial charge >= 0.3 is 0 Å². The molecular weight excluding hydrogens is 358 g/mol. The highest BCUT2D eigenvalue weighted by Gasteiger charge is 2.10. The van der Waals surface area contributed by atoms with E-state index in [1.165, 1.54) is 5.56 Å². The molecule has 0 saturated carbocycles. The van der Waals surface area contributed by atoms with Crippen LogP contribution in [0.4, 0.5) is 0 Å². The molecule has 0 fully saturated rings. The number of rotatable bonds is 9. The molecule has 0 aliphatic heterocycles. The second-order valence-electron chi connectivity index (χ2n) is 5.99. The predicted octanol–water partition coefficient (Wildman–Crippen LogP) is 4.08. The van der Waals surface area contributed by atoms with Crippen LogP contribution in [0.25, 0.3) is 10.8 Å². The van der Waals surface area contributed by atoms with Crippen LogP contribution in [-0.2, 0) is 10.5 Å². The van der Waals surface area contributed by atoms with E-state index in [9.17, 15) is 9.59 Å². The monoisotopic (exact) mass is 379 g/mol. The van der Waals surface area contributed by atoms with Crippen LogP contribution < -0.4 is 10.1 Å². The predicted molar refractivity (Wildman–Crippen MR) is 110 cm³/mol. The molecule has 3 rings (SSSR count). The van der Waals surface area contributed by atoms with Gasteiger partial charge in [-0.1, -0.05) is 60.7 Å². The Morgan fingerprint density at radius 2 is 1.78 bits per heavy atom. The third kappa shape index (κ3) is 5.34. The maximum atomic E-state index is 12.0. The van der Waals surface area contributed by atoms with Crippen LogP contribution in [-0.4, -0.2) is 31.1 Å². The van der Waals surface area contributed by atoms with Gasteiger partial charge in [0.05, 0.1) is 5.56 Å². The lowest BCUT2D eigenvalue weighted by atomic mass is 10.0. The minimum Gasteiger partial charge on any atom is -0.483 e. The summed E-state index contributed by atoms with van der Waals surface area (Å²) >= 11 is 1.77. The van der Waals surface area contributed by atoms with Crippen molar-refractivity contribution >= 4 is 34.7 Å². The zero-order valence-electron chi connectivity index (χ0n) is 14.9. The second kappa shape index (κ2) is 9.78. The number of ether oxygens (including phenoxy) is 1. The van der Waals surface area contributed by atoms with Gasteiger partial charge < -0.3 is 10.1 Å². The molecule has 4 nitrogen and oxygen atoms in total. The number of carbonyl (C=O) groups excluding carboxylic acids is 2. The summed E-state index contributed by atoms with van der Waals surface area (Å²) in [6.45, 7) is 0.473. The zero-order valence-corrected chi connectivity index (χ0v) is 15.7. The molecule has 0 bridgehead atoms. The first-order valence-electron chi connectivity index (χ1n) is 8.76. The number of hydrogen-bond acceptors (Lipinski definition) is 4. The lowest BCUT2D eigenvalue weighted by Crippen LogP contribution is -2.30. The van der Waals surface area contributed by atoms with Crippen LogP contribution in [0.5, 0.6) is 5.75 Å². The van der Waals surface area contributed by atoms with Gasteiger partial charge in [-0.15, -0.1) is 0 Å². The molecule has 0 heterocycles. The maximum Gasteiger partial charge on any atom is 0.257 e. The first-order valence-corrected chi connectivity index (χ1v) is 9.91. The number of nitrogens with one attached hydrogen (secondary N) is 1. The van der Waals surface area contributed by atoms with E-state index in [0.29, 0.717) is 17.9 Å². The maximum absolute atomic E-state index is 12.0. The van der Waals surface area contributed by atoms with Crippen molar-refractivity contribution in [3.8, 4) is 5.75 Å². The lowest BCUT2D eigenvalue weighted by molar-refractivity contribution is -0.122. The summed E-state index contributed by atoms with van der Waals surface area (Å²) in [5.74, 6) is 1.99. The van der Waals surface area contributed by atoms with Crippen LogP contribution in [0, 0.1) is 0 Å². The van der Waals surface area contributed by atoms with Crippen molar-refractivity contribution < 1.29 is 14.3 Å². The molecule has 3 aromatic carbocycles. The van der Waals surface area contributed by atoms with Crippen LogP contribution >= 0.6 is 11.8 Å². The Hall–Kier alpha value is -2.79. The Morgan fingerprint density at radius 3 is 2.59 bits per heavy atom. The zero-order chi connectivity index (χ0) is 18.9. The van der Waals surface area contributed by atoms with Crippen molar-refractivity contribution in [3.63, 3.8) is 0 Å². The van der Waals surface area contributed by atoms with E-state index in [-0.39, 0.29) is 12.5 Å². The largest absolute Gasteiger partial charge is 0.483 e. The van der Waals surface area contributed by atoms with Crippen molar-refractivity contribution in [2.24, 2.45) is 0 Å². The summed E-state index contributed by atoms with van der Waals surface area (Å²) in [5.41, 5.74) is 1.74. The van der Waals surface area contributed by atoms with Gasteiger partial charge in [0, 0.05) is 18.1 Å². The van der Waals surface area contributed by atoms with Gasteiger partial charge in [-0.25, -0.2) is 0 Å². The number of amides is 1. The molecular formula is C22H21NO3S.